The lowest BCUT2D eigenvalue weighted by Gasteiger charge is -2.07. The third-order valence-corrected chi connectivity index (χ3v) is 5.17. The normalized spacial score (nSPS) is 12.4. The lowest BCUT2D eigenvalue weighted by Crippen LogP contribution is -2.04. The first kappa shape index (κ1) is 39.5. The molecule has 0 aliphatic carbocycles. The zero-order chi connectivity index (χ0) is 30.9. The smallest absolute Gasteiger partial charge is 0.507 e. The third-order valence-electron chi connectivity index (χ3n) is 2.94. The molecule has 0 amide bonds. The fourth-order valence-corrected chi connectivity index (χ4v) is 4.18. The quantitative estimate of drug-likeness (QED) is 0.118. The Bertz CT molecular complexity index is 1050. The summed E-state index contributed by atoms with van der Waals surface area (Å²) >= 11 is 0. The van der Waals surface area contributed by atoms with Gasteiger partial charge in [0, 0.05) is 0 Å². The summed E-state index contributed by atoms with van der Waals surface area (Å²) in [5, 5.41) is 0. The van der Waals surface area contributed by atoms with E-state index in [0.717, 1.165) is 0 Å². The maximum atomic E-state index is 10.4. The molecule has 0 spiro atoms. The van der Waals surface area contributed by atoms with Crippen LogP contribution in [-0.4, -0.2) is 34.3 Å². The molecular formula is C18H22F4O12P4S. The molecule has 21 heteroatoms. The molecule has 0 fully saturated rings. The Labute approximate surface area is 222 Å². The minimum atomic E-state index is -5.39. The van der Waals surface area contributed by atoms with E-state index in [-0.39, 0.29) is 10.9 Å². The minimum Gasteiger partial charge on any atom is -0.753 e. The highest BCUT2D eigenvalue weighted by Gasteiger charge is 2.27. The van der Waals surface area contributed by atoms with Crippen molar-refractivity contribution in [2.75, 3.05) is 0 Å². The predicted octanol–water partition coefficient (Wildman–Crippen LogP) is 4.34. The topological polar surface area (TPSA) is 233 Å². The van der Waals surface area contributed by atoms with Crippen LogP contribution in [0.15, 0.2) is 106 Å². The van der Waals surface area contributed by atoms with Crippen molar-refractivity contribution in [1.29, 1.82) is 0 Å². The zero-order valence-electron chi connectivity index (χ0n) is 19.0. The summed E-state index contributed by atoms with van der Waals surface area (Å²) in [4.78, 5) is 61.3. The second kappa shape index (κ2) is 18.6. The summed E-state index contributed by atoms with van der Waals surface area (Å²) in [5.41, 5.74) is 0. The van der Waals surface area contributed by atoms with Gasteiger partial charge in [0.05, 0.1) is 10.9 Å². The number of halogens is 4. The van der Waals surface area contributed by atoms with Crippen LogP contribution >= 0.6 is 31.6 Å². The van der Waals surface area contributed by atoms with E-state index in [1.54, 1.807) is 0 Å². The molecule has 3 rings (SSSR count). The van der Waals surface area contributed by atoms with Crippen molar-refractivity contribution in [1.82, 2.24) is 0 Å². The Kier molecular flexibility index (Phi) is 18.9. The minimum absolute atomic E-state index is 0.0146. The Balaban J connectivity index is 0. The molecule has 0 aliphatic rings. The summed E-state index contributed by atoms with van der Waals surface area (Å²) in [6, 6.07) is 32.2. The first-order chi connectivity index (χ1) is 17.4. The predicted molar refractivity (Wildman–Crippen MR) is 132 cm³/mol. The maximum absolute atomic E-state index is 10.4. The van der Waals surface area contributed by atoms with Gasteiger partial charge in [-0.3, -0.25) is 33.9 Å². The monoisotopic (exact) mass is 662 g/mol. The molecular weight excluding hydrogens is 640 g/mol. The van der Waals surface area contributed by atoms with Crippen LogP contribution in [0.25, 0.3) is 0 Å². The highest BCUT2D eigenvalue weighted by Crippen LogP contribution is 2.36. The molecule has 1 atom stereocenters. The molecule has 0 radical (unpaired) electrons. The van der Waals surface area contributed by atoms with E-state index < -0.39 is 31.6 Å². The Morgan fingerprint density at radius 3 is 0.718 bits per heavy atom. The molecule has 0 bridgehead atoms. The molecule has 12 nitrogen and oxygen atoms in total. The van der Waals surface area contributed by atoms with Crippen molar-refractivity contribution in [2.24, 2.45) is 0 Å². The lowest BCUT2D eigenvalue weighted by molar-refractivity contribution is -0.206. The van der Waals surface area contributed by atoms with Crippen LogP contribution in [0.5, 0.6) is 0 Å². The van der Waals surface area contributed by atoms with Crippen LogP contribution in [0.1, 0.15) is 0 Å². The molecule has 0 saturated heterocycles. The second-order valence-electron chi connectivity index (χ2n) is 6.12. The fourth-order valence-electron chi connectivity index (χ4n) is 2.08. The van der Waals surface area contributed by atoms with Crippen molar-refractivity contribution in [3.63, 3.8) is 0 Å². The Morgan fingerprint density at radius 2 is 0.590 bits per heavy atom. The van der Waals surface area contributed by atoms with Crippen molar-refractivity contribution in [2.45, 2.75) is 14.7 Å². The summed E-state index contributed by atoms with van der Waals surface area (Å²) < 4.78 is 75.8. The lowest BCUT2D eigenvalue weighted by atomic mass is 10.4. The van der Waals surface area contributed by atoms with Gasteiger partial charge < -0.3 is 9.79 Å². The van der Waals surface area contributed by atoms with E-state index in [2.05, 4.69) is 91.0 Å². The molecule has 220 valence electrons. The molecule has 0 aromatic heterocycles. The van der Waals surface area contributed by atoms with Crippen molar-refractivity contribution in [3.8, 4) is 0 Å². The van der Waals surface area contributed by atoms with Crippen molar-refractivity contribution < 1.29 is 74.2 Å². The van der Waals surface area contributed by atoms with Gasteiger partial charge in [0.25, 0.3) is 0 Å². The van der Waals surface area contributed by atoms with Crippen molar-refractivity contribution >= 4 is 42.5 Å². The first-order valence-electron chi connectivity index (χ1n) is 9.33. The third kappa shape index (κ3) is 36.3. The second-order valence-corrected chi connectivity index (χ2v) is 11.9. The zero-order valence-corrected chi connectivity index (χ0v) is 23.4. The number of rotatable bonds is 3. The van der Waals surface area contributed by atoms with E-state index in [9.17, 15) is 16.8 Å². The molecule has 1 unspecified atom stereocenters. The van der Waals surface area contributed by atoms with E-state index in [0.29, 0.717) is 0 Å². The van der Waals surface area contributed by atoms with Gasteiger partial charge in [-0.2, -0.15) is 4.20 Å². The number of benzene rings is 3. The van der Waals surface area contributed by atoms with Gasteiger partial charge in [0.2, 0.25) is 0 Å². The van der Waals surface area contributed by atoms with Gasteiger partial charge in [0.1, 0.15) is 0 Å². The summed E-state index contributed by atoms with van der Waals surface area (Å²) in [6.07, 6.45) is 0. The average Bonchev–Trinajstić information content (AvgIpc) is 2.72. The molecule has 3 aromatic carbocycles. The van der Waals surface area contributed by atoms with Crippen LogP contribution in [0.4, 0.5) is 16.8 Å². The Hall–Kier alpha value is -1.67. The van der Waals surface area contributed by atoms with Gasteiger partial charge in [0.15, 0.2) is 14.7 Å². The average molecular weight is 662 g/mol. The standard InChI is InChI=1S/C18H15S.4FH2O3P/c1-4-10-16(11-5-1)19(17-12-6-2-7-13-17)18-14-8-3-9-15-18;4*1-5(2,3)4/h1-15H;4*(H2,2,3,4)/q+1;;;;/p-1. The van der Waals surface area contributed by atoms with Crippen LogP contribution in [0, 0.1) is 0 Å². The largest absolute Gasteiger partial charge is 0.753 e. The highest BCUT2D eigenvalue weighted by atomic mass is 32.2. The first-order valence-corrected chi connectivity index (χ1v) is 16.5. The van der Waals surface area contributed by atoms with E-state index in [4.69, 9.17) is 57.4 Å². The van der Waals surface area contributed by atoms with Gasteiger partial charge in [-0.1, -0.05) is 54.6 Å². The highest BCUT2D eigenvalue weighted by molar-refractivity contribution is 7.97. The van der Waals surface area contributed by atoms with Crippen LogP contribution in [0.3, 0.4) is 0 Å². The van der Waals surface area contributed by atoms with Crippen LogP contribution in [0.2, 0.25) is 0 Å². The van der Waals surface area contributed by atoms with Crippen LogP contribution < -0.4 is 4.89 Å². The van der Waals surface area contributed by atoms with Gasteiger partial charge in [-0.05, 0) is 36.4 Å². The van der Waals surface area contributed by atoms with Gasteiger partial charge in [-0.15, -0.1) is 12.6 Å². The van der Waals surface area contributed by atoms with E-state index in [1.165, 1.54) is 14.7 Å². The fraction of sp³-hybridized carbons (Fsp3) is 0. The van der Waals surface area contributed by atoms with E-state index >= 15 is 0 Å². The van der Waals surface area contributed by atoms with Crippen molar-refractivity contribution in [3.05, 3.63) is 91.0 Å². The maximum Gasteiger partial charge on any atom is 0.507 e. The SMILES string of the molecule is O=P(O)(O)F.O=P(O)(O)F.O=P(O)(O)F.O=P([O-])(O)F.c1ccc([S+](c2ccccc2)c2ccccc2)cc1. The summed E-state index contributed by atoms with van der Waals surface area (Å²) in [7, 11) is -20.8. The van der Waals surface area contributed by atoms with E-state index in [1.807, 2.05) is 0 Å². The molecule has 39 heavy (non-hydrogen) atoms. The molecule has 7 N–H and O–H groups in total. The van der Waals surface area contributed by atoms with Gasteiger partial charge in [-0.25, -0.2) is 13.7 Å². The van der Waals surface area contributed by atoms with Crippen LogP contribution in [-0.2, 0) is 29.2 Å². The molecule has 0 aliphatic heterocycles. The molecule has 3 aromatic rings. The molecule has 0 heterocycles. The number of hydrogen-bond donors (Lipinski definition) is 7. The molecule has 0 saturated carbocycles. The van der Waals surface area contributed by atoms with Gasteiger partial charge >= 0.3 is 31.6 Å². The number of hydrogen-bond acceptors (Lipinski definition) is 5. The summed E-state index contributed by atoms with van der Waals surface area (Å²) in [6.45, 7) is 0. The Morgan fingerprint density at radius 1 is 0.462 bits per heavy atom. The summed E-state index contributed by atoms with van der Waals surface area (Å²) in [5.74, 6) is 0.